The minimum atomic E-state index is -0.180. The van der Waals surface area contributed by atoms with Gasteiger partial charge in [-0.15, -0.1) is 0 Å². The molecule has 4 heteroatoms. The van der Waals surface area contributed by atoms with Crippen molar-refractivity contribution < 1.29 is 13.9 Å². The van der Waals surface area contributed by atoms with Gasteiger partial charge in [0.2, 0.25) is 5.78 Å². The fraction of sp³-hybridized carbons (Fsp3) is 0.0714. The second kappa shape index (κ2) is 5.72. The average Bonchev–Trinajstić information content (AvgIpc) is 2.93. The van der Waals surface area contributed by atoms with Crippen LogP contribution in [0, 0.1) is 0 Å². The van der Waals surface area contributed by atoms with Crippen LogP contribution >= 0.6 is 0 Å². The molecule has 2 aromatic rings. The van der Waals surface area contributed by atoms with E-state index in [4.69, 9.17) is 9.15 Å². The molecule has 0 amide bonds. The average molecular weight is 243 g/mol. The molecule has 1 heterocycles. The van der Waals surface area contributed by atoms with E-state index in [2.05, 4.69) is 5.32 Å². The third-order valence-corrected chi connectivity index (χ3v) is 2.34. The number of hydrogen-bond donors (Lipinski definition) is 1. The highest BCUT2D eigenvalue weighted by molar-refractivity contribution is 6.02. The number of furan rings is 1. The number of ketones is 1. The highest BCUT2D eigenvalue weighted by atomic mass is 16.5. The van der Waals surface area contributed by atoms with Crippen LogP contribution in [0.2, 0.25) is 0 Å². The van der Waals surface area contributed by atoms with E-state index in [0.717, 1.165) is 11.4 Å². The molecule has 0 unspecified atom stereocenters. The molecule has 0 atom stereocenters. The summed E-state index contributed by atoms with van der Waals surface area (Å²) in [5, 5.41) is 2.99. The number of carbonyl (C=O) groups excluding carboxylic acids is 1. The second-order valence-electron chi connectivity index (χ2n) is 3.55. The number of ether oxygens (including phenoxy) is 1. The van der Waals surface area contributed by atoms with Crippen molar-refractivity contribution in [3.63, 3.8) is 0 Å². The van der Waals surface area contributed by atoms with Gasteiger partial charge in [-0.25, -0.2) is 0 Å². The first-order valence-electron chi connectivity index (χ1n) is 5.44. The second-order valence-corrected chi connectivity index (χ2v) is 3.55. The first-order valence-corrected chi connectivity index (χ1v) is 5.44. The van der Waals surface area contributed by atoms with Gasteiger partial charge in [0.15, 0.2) is 5.76 Å². The molecule has 0 radical (unpaired) electrons. The number of carbonyl (C=O) groups is 1. The summed E-state index contributed by atoms with van der Waals surface area (Å²) in [6, 6.07) is 10.7. The van der Waals surface area contributed by atoms with E-state index >= 15 is 0 Å². The quantitative estimate of drug-likeness (QED) is 0.647. The van der Waals surface area contributed by atoms with Gasteiger partial charge in [-0.3, -0.25) is 4.79 Å². The maximum Gasteiger partial charge on any atom is 0.222 e. The van der Waals surface area contributed by atoms with Crippen molar-refractivity contribution in [3.05, 3.63) is 60.7 Å². The number of rotatable bonds is 5. The first-order chi connectivity index (χ1) is 8.79. The number of benzene rings is 1. The van der Waals surface area contributed by atoms with Crippen molar-refractivity contribution in [1.29, 1.82) is 0 Å². The molecule has 0 saturated heterocycles. The monoisotopic (exact) mass is 243 g/mol. The Balaban J connectivity index is 1.92. The van der Waals surface area contributed by atoms with Crippen molar-refractivity contribution in [1.82, 2.24) is 0 Å². The predicted molar refractivity (Wildman–Crippen MR) is 68.8 cm³/mol. The van der Waals surface area contributed by atoms with Gasteiger partial charge < -0.3 is 14.5 Å². The van der Waals surface area contributed by atoms with Crippen LogP contribution in [-0.4, -0.2) is 12.9 Å². The molecule has 0 aliphatic carbocycles. The molecule has 18 heavy (non-hydrogen) atoms. The van der Waals surface area contributed by atoms with Gasteiger partial charge in [-0.2, -0.15) is 0 Å². The van der Waals surface area contributed by atoms with Crippen LogP contribution in [0.1, 0.15) is 10.6 Å². The first kappa shape index (κ1) is 12.0. The summed E-state index contributed by atoms with van der Waals surface area (Å²) < 4.78 is 10.0. The van der Waals surface area contributed by atoms with Crippen molar-refractivity contribution in [3.8, 4) is 5.75 Å². The lowest BCUT2D eigenvalue weighted by Gasteiger charge is -2.02. The third kappa shape index (κ3) is 3.01. The lowest BCUT2D eigenvalue weighted by molar-refractivity contribution is 0.102. The molecule has 0 bridgehead atoms. The largest absolute Gasteiger partial charge is 0.497 e. The standard InChI is InChI=1S/C14H13NO3/c1-17-12-6-4-11(5-7-12)15-9-8-13(16)14-3-2-10-18-14/h2-10,15H,1H3/b9-8+. The molecule has 1 N–H and O–H groups in total. The predicted octanol–water partition coefficient (Wildman–Crippen LogP) is 3.10. The molecule has 4 nitrogen and oxygen atoms in total. The van der Waals surface area contributed by atoms with Crippen LogP contribution < -0.4 is 10.1 Å². The van der Waals surface area contributed by atoms with Gasteiger partial charge >= 0.3 is 0 Å². The lowest BCUT2D eigenvalue weighted by atomic mass is 10.3. The van der Waals surface area contributed by atoms with Gasteiger partial charge in [0, 0.05) is 18.0 Å². The van der Waals surface area contributed by atoms with Crippen LogP contribution in [0.25, 0.3) is 0 Å². The molecule has 0 aliphatic heterocycles. The zero-order chi connectivity index (χ0) is 12.8. The highest BCUT2D eigenvalue weighted by Gasteiger charge is 2.02. The van der Waals surface area contributed by atoms with Gasteiger partial charge in [0.25, 0.3) is 0 Å². The topological polar surface area (TPSA) is 51.5 Å². The van der Waals surface area contributed by atoms with E-state index in [-0.39, 0.29) is 5.78 Å². The van der Waals surface area contributed by atoms with Crippen molar-refractivity contribution in [2.24, 2.45) is 0 Å². The number of methoxy groups -OCH3 is 1. The molecule has 0 fully saturated rings. The maximum atomic E-state index is 11.6. The zero-order valence-corrected chi connectivity index (χ0v) is 9.92. The molecule has 0 spiro atoms. The highest BCUT2D eigenvalue weighted by Crippen LogP contribution is 2.14. The summed E-state index contributed by atoms with van der Waals surface area (Å²) in [5.74, 6) is 0.931. The van der Waals surface area contributed by atoms with Crippen molar-refractivity contribution in [2.75, 3.05) is 12.4 Å². The summed E-state index contributed by atoms with van der Waals surface area (Å²) in [4.78, 5) is 11.6. The van der Waals surface area contributed by atoms with Crippen LogP contribution in [0.5, 0.6) is 5.75 Å². The van der Waals surface area contributed by atoms with Crippen molar-refractivity contribution >= 4 is 11.5 Å². The van der Waals surface area contributed by atoms with Crippen LogP contribution in [0.3, 0.4) is 0 Å². The molecule has 2 rings (SSSR count). The van der Waals surface area contributed by atoms with E-state index in [1.165, 1.54) is 12.3 Å². The maximum absolute atomic E-state index is 11.6. The SMILES string of the molecule is COc1ccc(N/C=C/C(=O)c2ccco2)cc1. The van der Waals surface area contributed by atoms with Crippen molar-refractivity contribution in [2.45, 2.75) is 0 Å². The Morgan fingerprint density at radius 2 is 2.06 bits per heavy atom. The smallest absolute Gasteiger partial charge is 0.222 e. The van der Waals surface area contributed by atoms with E-state index in [0.29, 0.717) is 5.76 Å². The zero-order valence-electron chi connectivity index (χ0n) is 9.92. The van der Waals surface area contributed by atoms with Gasteiger partial charge in [0.05, 0.1) is 13.4 Å². The lowest BCUT2D eigenvalue weighted by Crippen LogP contribution is -1.94. The fourth-order valence-electron chi connectivity index (χ4n) is 1.40. The molecule has 0 aliphatic rings. The summed E-state index contributed by atoms with van der Waals surface area (Å²) in [6.45, 7) is 0. The summed E-state index contributed by atoms with van der Waals surface area (Å²) in [6.07, 6.45) is 4.47. The minimum absolute atomic E-state index is 0.180. The molecular weight excluding hydrogens is 230 g/mol. The molecule has 0 saturated carbocycles. The van der Waals surface area contributed by atoms with Gasteiger partial charge in [-0.1, -0.05) is 0 Å². The summed E-state index contributed by atoms with van der Waals surface area (Å²) in [7, 11) is 1.62. The third-order valence-electron chi connectivity index (χ3n) is 2.34. The summed E-state index contributed by atoms with van der Waals surface area (Å²) in [5.41, 5.74) is 0.874. The molecule has 92 valence electrons. The normalized spacial score (nSPS) is 10.5. The Morgan fingerprint density at radius 3 is 2.67 bits per heavy atom. The number of nitrogens with one attached hydrogen (secondary N) is 1. The van der Waals surface area contributed by atoms with Crippen LogP contribution in [-0.2, 0) is 0 Å². The number of hydrogen-bond acceptors (Lipinski definition) is 4. The number of anilines is 1. The Kier molecular flexibility index (Phi) is 3.81. The fourth-order valence-corrected chi connectivity index (χ4v) is 1.40. The van der Waals surface area contributed by atoms with E-state index in [1.807, 2.05) is 24.3 Å². The Morgan fingerprint density at radius 1 is 1.28 bits per heavy atom. The Labute approximate surface area is 105 Å². The Hall–Kier alpha value is -2.49. The number of allylic oxidation sites excluding steroid dienone is 1. The minimum Gasteiger partial charge on any atom is -0.497 e. The van der Waals surface area contributed by atoms with Crippen LogP contribution in [0.4, 0.5) is 5.69 Å². The Bertz CT molecular complexity index is 527. The summed E-state index contributed by atoms with van der Waals surface area (Å²) >= 11 is 0. The van der Waals surface area contributed by atoms with E-state index in [1.54, 1.807) is 25.4 Å². The van der Waals surface area contributed by atoms with Crippen LogP contribution in [0.15, 0.2) is 59.4 Å². The molecule has 1 aromatic carbocycles. The van der Waals surface area contributed by atoms with Gasteiger partial charge in [0.1, 0.15) is 5.75 Å². The van der Waals surface area contributed by atoms with E-state index in [9.17, 15) is 4.79 Å². The molecule has 1 aromatic heterocycles. The van der Waals surface area contributed by atoms with Gasteiger partial charge in [-0.05, 0) is 36.4 Å². The molecular formula is C14H13NO3. The van der Waals surface area contributed by atoms with E-state index < -0.39 is 0 Å².